The predicted octanol–water partition coefficient (Wildman–Crippen LogP) is 2.83. The molecule has 0 atom stereocenters. The number of benzene rings is 1. The zero-order valence-corrected chi connectivity index (χ0v) is 11.8. The smallest absolute Gasteiger partial charge is 0.272 e. The molecule has 0 aliphatic carbocycles. The molecule has 2 heterocycles. The highest BCUT2D eigenvalue weighted by molar-refractivity contribution is 14.1. The Balaban J connectivity index is 2.35. The van der Waals surface area contributed by atoms with Gasteiger partial charge in [0.05, 0.1) is 11.3 Å². The molecule has 18 heavy (non-hydrogen) atoms. The molecule has 4 nitrogen and oxygen atoms in total. The number of H-pyrrole nitrogens is 2. The molecular formula is C13H10IN3O. The van der Waals surface area contributed by atoms with Gasteiger partial charge in [0, 0.05) is 26.2 Å². The van der Waals surface area contributed by atoms with E-state index in [-0.39, 0.29) is 5.56 Å². The van der Waals surface area contributed by atoms with Gasteiger partial charge in [-0.3, -0.25) is 4.79 Å². The van der Waals surface area contributed by atoms with Crippen molar-refractivity contribution in [2.45, 2.75) is 6.92 Å². The topological polar surface area (TPSA) is 61.5 Å². The third-order valence-electron chi connectivity index (χ3n) is 2.87. The number of aromatic amines is 2. The first-order valence-electron chi connectivity index (χ1n) is 5.48. The quantitative estimate of drug-likeness (QED) is 0.663. The van der Waals surface area contributed by atoms with Crippen molar-refractivity contribution in [2.24, 2.45) is 0 Å². The van der Waals surface area contributed by atoms with Gasteiger partial charge in [-0.25, -0.2) is 5.10 Å². The summed E-state index contributed by atoms with van der Waals surface area (Å²) in [4.78, 5) is 15.0. The fraction of sp³-hybridized carbons (Fsp3) is 0.0769. The molecule has 3 aromatic rings. The lowest BCUT2D eigenvalue weighted by Gasteiger charge is -2.00. The summed E-state index contributed by atoms with van der Waals surface area (Å²) < 4.78 is 1.14. The molecule has 2 aromatic heterocycles. The van der Waals surface area contributed by atoms with Crippen molar-refractivity contribution in [1.29, 1.82) is 0 Å². The Morgan fingerprint density at radius 3 is 2.89 bits per heavy atom. The maximum absolute atomic E-state index is 11.9. The summed E-state index contributed by atoms with van der Waals surface area (Å²) in [5.41, 5.74) is 3.22. The van der Waals surface area contributed by atoms with Crippen molar-refractivity contribution in [2.75, 3.05) is 0 Å². The SMILES string of the molecule is Cc1cc(-c2c[nH]c3ccc(I)cc23)c(=O)[nH]n1. The molecule has 0 bridgehead atoms. The lowest BCUT2D eigenvalue weighted by molar-refractivity contribution is 0.949. The number of rotatable bonds is 1. The van der Waals surface area contributed by atoms with E-state index >= 15 is 0 Å². The summed E-state index contributed by atoms with van der Waals surface area (Å²) in [6.45, 7) is 1.86. The fourth-order valence-corrected chi connectivity index (χ4v) is 2.51. The summed E-state index contributed by atoms with van der Waals surface area (Å²) in [6.07, 6.45) is 1.87. The maximum atomic E-state index is 11.9. The first-order chi connectivity index (χ1) is 8.65. The summed E-state index contributed by atoms with van der Waals surface area (Å²) in [7, 11) is 0. The summed E-state index contributed by atoms with van der Waals surface area (Å²) in [5, 5.41) is 7.47. The average molecular weight is 351 g/mol. The Morgan fingerprint density at radius 1 is 1.22 bits per heavy atom. The lowest BCUT2D eigenvalue weighted by atomic mass is 10.1. The van der Waals surface area contributed by atoms with Crippen LogP contribution >= 0.6 is 22.6 Å². The van der Waals surface area contributed by atoms with E-state index < -0.39 is 0 Å². The van der Waals surface area contributed by atoms with Crippen LogP contribution in [0.25, 0.3) is 22.0 Å². The first kappa shape index (κ1) is 11.5. The molecule has 0 saturated carbocycles. The Bertz CT molecular complexity index is 788. The van der Waals surface area contributed by atoms with Crippen molar-refractivity contribution in [3.63, 3.8) is 0 Å². The number of hydrogen-bond acceptors (Lipinski definition) is 2. The van der Waals surface area contributed by atoms with Crippen molar-refractivity contribution in [1.82, 2.24) is 15.2 Å². The number of nitrogens with zero attached hydrogens (tertiary/aromatic N) is 1. The van der Waals surface area contributed by atoms with Crippen LogP contribution in [0.15, 0.2) is 35.3 Å². The standard InChI is InChI=1S/C13H10IN3O/c1-7-4-10(13(18)17-16-7)11-6-15-12-3-2-8(14)5-9(11)12/h2-6,15H,1H3,(H,17,18). The second kappa shape index (κ2) is 4.24. The molecule has 0 saturated heterocycles. The van der Waals surface area contributed by atoms with E-state index in [1.165, 1.54) is 0 Å². The highest BCUT2D eigenvalue weighted by Crippen LogP contribution is 2.27. The first-order valence-corrected chi connectivity index (χ1v) is 6.56. The van der Waals surface area contributed by atoms with Crippen LogP contribution in [0, 0.1) is 10.5 Å². The van der Waals surface area contributed by atoms with E-state index in [9.17, 15) is 4.79 Å². The zero-order valence-electron chi connectivity index (χ0n) is 9.62. The lowest BCUT2D eigenvalue weighted by Crippen LogP contribution is -2.11. The molecule has 1 aromatic carbocycles. The summed E-state index contributed by atoms with van der Waals surface area (Å²) in [5.74, 6) is 0. The van der Waals surface area contributed by atoms with E-state index in [1.807, 2.05) is 25.3 Å². The van der Waals surface area contributed by atoms with Gasteiger partial charge in [-0.1, -0.05) is 0 Å². The normalized spacial score (nSPS) is 11.0. The van der Waals surface area contributed by atoms with Gasteiger partial charge in [-0.2, -0.15) is 5.10 Å². The fourth-order valence-electron chi connectivity index (χ4n) is 2.02. The van der Waals surface area contributed by atoms with E-state index in [2.05, 4.69) is 43.8 Å². The number of aromatic nitrogens is 3. The summed E-state index contributed by atoms with van der Waals surface area (Å²) >= 11 is 2.26. The number of halogens is 1. The van der Waals surface area contributed by atoms with Gasteiger partial charge < -0.3 is 4.98 Å². The van der Waals surface area contributed by atoms with Crippen molar-refractivity contribution >= 4 is 33.5 Å². The summed E-state index contributed by atoms with van der Waals surface area (Å²) in [6, 6.07) is 7.92. The van der Waals surface area contributed by atoms with Crippen LogP contribution in [0.2, 0.25) is 0 Å². The third kappa shape index (κ3) is 1.84. The van der Waals surface area contributed by atoms with E-state index in [1.54, 1.807) is 6.07 Å². The largest absolute Gasteiger partial charge is 0.361 e. The highest BCUT2D eigenvalue weighted by Gasteiger charge is 2.10. The van der Waals surface area contributed by atoms with Gasteiger partial charge in [-0.15, -0.1) is 0 Å². The van der Waals surface area contributed by atoms with Crippen LogP contribution in [0.3, 0.4) is 0 Å². The second-order valence-corrected chi connectivity index (χ2v) is 5.39. The van der Waals surface area contributed by atoms with Crippen molar-refractivity contribution < 1.29 is 0 Å². The molecule has 90 valence electrons. The minimum Gasteiger partial charge on any atom is -0.361 e. The molecule has 2 N–H and O–H groups in total. The van der Waals surface area contributed by atoms with E-state index in [0.717, 1.165) is 25.7 Å². The van der Waals surface area contributed by atoms with Crippen molar-refractivity contribution in [3.8, 4) is 11.1 Å². The predicted molar refractivity (Wildman–Crippen MR) is 79.6 cm³/mol. The molecule has 0 unspecified atom stereocenters. The molecule has 0 amide bonds. The van der Waals surface area contributed by atoms with Crippen LogP contribution < -0.4 is 5.56 Å². The van der Waals surface area contributed by atoms with Gasteiger partial charge in [0.25, 0.3) is 5.56 Å². The number of hydrogen-bond donors (Lipinski definition) is 2. The van der Waals surface area contributed by atoms with Crippen LogP contribution in [0.5, 0.6) is 0 Å². The van der Waals surface area contributed by atoms with Gasteiger partial charge in [0.1, 0.15) is 0 Å². The number of aryl methyl sites for hydroxylation is 1. The molecule has 5 heteroatoms. The Kier molecular flexibility index (Phi) is 2.70. The monoisotopic (exact) mass is 351 g/mol. The molecule has 0 radical (unpaired) electrons. The Labute approximate surface area is 117 Å². The second-order valence-electron chi connectivity index (χ2n) is 4.14. The molecule has 0 spiro atoms. The van der Waals surface area contributed by atoms with E-state index in [4.69, 9.17) is 0 Å². The highest BCUT2D eigenvalue weighted by atomic mass is 127. The molecule has 0 aliphatic heterocycles. The van der Waals surface area contributed by atoms with E-state index in [0.29, 0.717) is 5.56 Å². The molecular weight excluding hydrogens is 341 g/mol. The van der Waals surface area contributed by atoms with Gasteiger partial charge >= 0.3 is 0 Å². The minimum absolute atomic E-state index is 0.166. The van der Waals surface area contributed by atoms with Crippen LogP contribution in [0.1, 0.15) is 5.69 Å². The molecule has 3 rings (SSSR count). The van der Waals surface area contributed by atoms with Gasteiger partial charge in [0.15, 0.2) is 0 Å². The Morgan fingerprint density at radius 2 is 2.06 bits per heavy atom. The Hall–Kier alpha value is -1.63. The maximum Gasteiger partial charge on any atom is 0.272 e. The molecule has 0 fully saturated rings. The third-order valence-corrected chi connectivity index (χ3v) is 3.54. The van der Waals surface area contributed by atoms with Gasteiger partial charge in [-0.05, 0) is 53.8 Å². The average Bonchev–Trinajstić information content (AvgIpc) is 2.75. The van der Waals surface area contributed by atoms with Crippen LogP contribution in [-0.4, -0.2) is 15.2 Å². The zero-order chi connectivity index (χ0) is 12.7. The number of nitrogens with one attached hydrogen (secondary N) is 2. The number of fused-ring (bicyclic) bond motifs is 1. The van der Waals surface area contributed by atoms with Gasteiger partial charge in [0.2, 0.25) is 0 Å². The van der Waals surface area contributed by atoms with Crippen LogP contribution in [-0.2, 0) is 0 Å². The minimum atomic E-state index is -0.166. The van der Waals surface area contributed by atoms with Crippen LogP contribution in [0.4, 0.5) is 0 Å². The molecule has 0 aliphatic rings. The van der Waals surface area contributed by atoms with Crippen molar-refractivity contribution in [3.05, 3.63) is 50.1 Å².